The summed E-state index contributed by atoms with van der Waals surface area (Å²) in [6.45, 7) is 3.35. The molecule has 0 radical (unpaired) electrons. The summed E-state index contributed by atoms with van der Waals surface area (Å²) in [4.78, 5) is 19.2. The van der Waals surface area contributed by atoms with Crippen LogP contribution in [0.2, 0.25) is 0 Å². The van der Waals surface area contributed by atoms with Crippen LogP contribution in [0, 0.1) is 0 Å². The second kappa shape index (κ2) is 8.65. The molecular weight excluding hydrogens is 388 g/mol. The summed E-state index contributed by atoms with van der Waals surface area (Å²) < 4.78 is 1.97. The number of likely N-dealkylation sites (tertiary alicyclic amines) is 1. The second-order valence-electron chi connectivity index (χ2n) is 7.95. The third-order valence-electron chi connectivity index (χ3n) is 5.75. The number of nitrogens with zero attached hydrogens (tertiary/aromatic N) is 5. The number of fused-ring (bicyclic) bond motifs is 1. The highest BCUT2D eigenvalue weighted by molar-refractivity contribution is 5.94. The molecule has 4 aromatic rings. The van der Waals surface area contributed by atoms with Crippen molar-refractivity contribution in [2.75, 3.05) is 13.1 Å². The summed E-state index contributed by atoms with van der Waals surface area (Å²) >= 11 is 0. The van der Waals surface area contributed by atoms with Crippen molar-refractivity contribution in [3.63, 3.8) is 0 Å². The van der Waals surface area contributed by atoms with Gasteiger partial charge in [-0.25, -0.2) is 0 Å². The molecule has 3 aromatic heterocycles. The normalized spacial score (nSPS) is 16.6. The molecule has 1 aliphatic rings. The Morgan fingerprint density at radius 3 is 2.74 bits per heavy atom. The highest BCUT2D eigenvalue weighted by Gasteiger charge is 2.27. The quantitative estimate of drug-likeness (QED) is 0.527. The van der Waals surface area contributed by atoms with Crippen LogP contribution >= 0.6 is 0 Å². The molecule has 0 saturated carbocycles. The van der Waals surface area contributed by atoms with E-state index in [1.54, 1.807) is 18.5 Å². The lowest BCUT2D eigenvalue weighted by molar-refractivity contribution is 0.0950. The first kappa shape index (κ1) is 19.4. The zero-order valence-corrected chi connectivity index (χ0v) is 17.2. The fourth-order valence-corrected chi connectivity index (χ4v) is 4.14. The van der Waals surface area contributed by atoms with Gasteiger partial charge in [-0.15, -0.1) is 10.2 Å². The van der Waals surface area contributed by atoms with Gasteiger partial charge in [0.25, 0.3) is 5.91 Å². The van der Waals surface area contributed by atoms with Gasteiger partial charge in [-0.1, -0.05) is 36.4 Å². The number of aromatic nitrogens is 4. The van der Waals surface area contributed by atoms with E-state index in [0.29, 0.717) is 18.0 Å². The van der Waals surface area contributed by atoms with E-state index in [4.69, 9.17) is 0 Å². The van der Waals surface area contributed by atoms with Crippen LogP contribution in [0.15, 0.2) is 73.2 Å². The Bertz CT molecular complexity index is 1170. The minimum absolute atomic E-state index is 0.123. The first-order valence-corrected chi connectivity index (χ1v) is 10.5. The van der Waals surface area contributed by atoms with Crippen molar-refractivity contribution in [1.82, 2.24) is 29.8 Å². The molecule has 1 saturated heterocycles. The van der Waals surface area contributed by atoms with Crippen molar-refractivity contribution >= 4 is 11.6 Å². The Morgan fingerprint density at radius 2 is 1.90 bits per heavy atom. The Labute approximate surface area is 180 Å². The lowest BCUT2D eigenvalue weighted by Gasteiger charge is -2.15. The zero-order chi connectivity index (χ0) is 21.0. The van der Waals surface area contributed by atoms with Gasteiger partial charge in [0, 0.05) is 44.1 Å². The Hall–Kier alpha value is -3.58. The maximum absolute atomic E-state index is 12.7. The topological polar surface area (TPSA) is 75.4 Å². The highest BCUT2D eigenvalue weighted by atomic mass is 16.1. The highest BCUT2D eigenvalue weighted by Crippen LogP contribution is 2.27. The fourth-order valence-electron chi connectivity index (χ4n) is 4.14. The average Bonchev–Trinajstić information content (AvgIpc) is 3.45. The van der Waals surface area contributed by atoms with E-state index >= 15 is 0 Å². The molecule has 0 aliphatic carbocycles. The van der Waals surface area contributed by atoms with E-state index in [-0.39, 0.29) is 5.91 Å². The van der Waals surface area contributed by atoms with E-state index in [9.17, 15) is 4.79 Å². The largest absolute Gasteiger partial charge is 0.348 e. The van der Waals surface area contributed by atoms with Crippen LogP contribution in [-0.4, -0.2) is 43.5 Å². The SMILES string of the molecule is O=C(NCc1cccnc1)c1ccc2nnc([C@H]3CCN(Cc4ccccc4)C3)n2c1. The number of rotatable bonds is 6. The molecule has 7 nitrogen and oxygen atoms in total. The number of hydrogen-bond donors (Lipinski definition) is 1. The van der Waals surface area contributed by atoms with Crippen LogP contribution in [0.3, 0.4) is 0 Å². The maximum Gasteiger partial charge on any atom is 0.253 e. The summed E-state index contributed by atoms with van der Waals surface area (Å²) in [6.07, 6.45) is 6.35. The molecular formula is C24H24N6O. The summed E-state index contributed by atoms with van der Waals surface area (Å²) in [5, 5.41) is 11.7. The standard InChI is InChI=1S/C24H24N6O/c31-24(26-14-19-7-4-11-25-13-19)21-8-9-22-27-28-23(30(22)17-21)20-10-12-29(16-20)15-18-5-2-1-3-6-18/h1-9,11,13,17,20H,10,12,14-16H2,(H,26,31)/t20-/m0/s1. The van der Waals surface area contributed by atoms with Gasteiger partial charge in [-0.05, 0) is 42.3 Å². The third-order valence-corrected chi connectivity index (χ3v) is 5.75. The van der Waals surface area contributed by atoms with Crippen molar-refractivity contribution in [2.24, 2.45) is 0 Å². The molecule has 4 heterocycles. The Balaban J connectivity index is 1.29. The van der Waals surface area contributed by atoms with Crippen molar-refractivity contribution in [2.45, 2.75) is 25.4 Å². The molecule has 1 aliphatic heterocycles. The number of carbonyl (C=O) groups is 1. The second-order valence-corrected chi connectivity index (χ2v) is 7.95. The predicted molar refractivity (Wildman–Crippen MR) is 117 cm³/mol. The van der Waals surface area contributed by atoms with Gasteiger partial charge in [0.05, 0.1) is 5.56 Å². The average molecular weight is 412 g/mol. The van der Waals surface area contributed by atoms with Crippen LogP contribution in [0.1, 0.15) is 39.6 Å². The van der Waals surface area contributed by atoms with Gasteiger partial charge in [-0.2, -0.15) is 0 Å². The van der Waals surface area contributed by atoms with Gasteiger partial charge < -0.3 is 5.32 Å². The lowest BCUT2D eigenvalue weighted by atomic mass is 10.1. The van der Waals surface area contributed by atoms with E-state index in [2.05, 4.69) is 49.7 Å². The van der Waals surface area contributed by atoms with E-state index in [1.165, 1.54) is 5.56 Å². The number of carbonyl (C=O) groups excluding carboxylic acids is 1. The minimum Gasteiger partial charge on any atom is -0.348 e. The van der Waals surface area contributed by atoms with Crippen molar-refractivity contribution in [1.29, 1.82) is 0 Å². The monoisotopic (exact) mass is 412 g/mol. The predicted octanol–water partition coefficient (Wildman–Crippen LogP) is 3.04. The number of nitrogens with one attached hydrogen (secondary N) is 1. The van der Waals surface area contributed by atoms with Crippen molar-refractivity contribution in [3.05, 3.63) is 95.7 Å². The van der Waals surface area contributed by atoms with Gasteiger partial charge in [0.15, 0.2) is 5.65 Å². The van der Waals surface area contributed by atoms with Gasteiger partial charge >= 0.3 is 0 Å². The molecule has 1 aromatic carbocycles. The molecule has 0 spiro atoms. The third kappa shape index (κ3) is 4.32. The number of benzene rings is 1. The van der Waals surface area contributed by atoms with Crippen LogP contribution in [0.5, 0.6) is 0 Å². The summed E-state index contributed by atoms with van der Waals surface area (Å²) in [6, 6.07) is 18.0. The molecule has 0 bridgehead atoms. The van der Waals surface area contributed by atoms with Crippen LogP contribution in [0.4, 0.5) is 0 Å². The summed E-state index contributed by atoms with van der Waals surface area (Å²) in [5.41, 5.74) is 3.64. The van der Waals surface area contributed by atoms with E-state index in [1.807, 2.05) is 34.9 Å². The Morgan fingerprint density at radius 1 is 1.03 bits per heavy atom. The zero-order valence-electron chi connectivity index (χ0n) is 17.2. The van der Waals surface area contributed by atoms with Crippen LogP contribution < -0.4 is 5.32 Å². The first-order chi connectivity index (χ1) is 15.3. The molecule has 31 heavy (non-hydrogen) atoms. The molecule has 1 N–H and O–H groups in total. The molecule has 1 amide bonds. The Kier molecular flexibility index (Phi) is 5.41. The molecule has 1 fully saturated rings. The summed E-state index contributed by atoms with van der Waals surface area (Å²) in [7, 11) is 0. The molecule has 7 heteroatoms. The van der Waals surface area contributed by atoms with E-state index in [0.717, 1.165) is 43.1 Å². The van der Waals surface area contributed by atoms with Crippen LogP contribution in [-0.2, 0) is 13.1 Å². The van der Waals surface area contributed by atoms with Crippen molar-refractivity contribution in [3.8, 4) is 0 Å². The first-order valence-electron chi connectivity index (χ1n) is 10.5. The maximum atomic E-state index is 12.7. The minimum atomic E-state index is -0.123. The van der Waals surface area contributed by atoms with Crippen LogP contribution in [0.25, 0.3) is 5.65 Å². The van der Waals surface area contributed by atoms with E-state index < -0.39 is 0 Å². The number of hydrogen-bond acceptors (Lipinski definition) is 5. The molecule has 5 rings (SSSR count). The summed E-state index contributed by atoms with van der Waals surface area (Å²) in [5.74, 6) is 1.10. The van der Waals surface area contributed by atoms with Gasteiger partial charge in [0.1, 0.15) is 5.82 Å². The molecule has 156 valence electrons. The number of pyridine rings is 2. The van der Waals surface area contributed by atoms with Gasteiger partial charge in [0.2, 0.25) is 0 Å². The fraction of sp³-hybridized carbons (Fsp3) is 0.250. The lowest BCUT2D eigenvalue weighted by Crippen LogP contribution is -2.23. The smallest absolute Gasteiger partial charge is 0.253 e. The van der Waals surface area contributed by atoms with Crippen molar-refractivity contribution < 1.29 is 4.79 Å². The molecule has 1 atom stereocenters. The van der Waals surface area contributed by atoms with Gasteiger partial charge in [-0.3, -0.25) is 19.1 Å². The number of amides is 1. The molecule has 0 unspecified atom stereocenters.